The minimum atomic E-state index is -0.565. The lowest BCUT2D eigenvalue weighted by atomic mass is 9.73. The van der Waals surface area contributed by atoms with E-state index in [1.165, 1.54) is 19.3 Å². The van der Waals surface area contributed by atoms with Gasteiger partial charge in [0.25, 0.3) is 0 Å². The lowest BCUT2D eigenvalue weighted by Gasteiger charge is -2.36. The number of nitrogens with two attached hydrogens (primary N) is 1. The van der Waals surface area contributed by atoms with Gasteiger partial charge in [-0.25, -0.2) is 0 Å². The van der Waals surface area contributed by atoms with E-state index in [-0.39, 0.29) is 5.91 Å². The van der Waals surface area contributed by atoms with E-state index < -0.39 is 5.41 Å². The lowest BCUT2D eigenvalue weighted by molar-refractivity contribution is -0.129. The third-order valence-corrected chi connectivity index (χ3v) is 5.15. The summed E-state index contributed by atoms with van der Waals surface area (Å²) in [4.78, 5) is 13.0. The Morgan fingerprint density at radius 1 is 1.37 bits per heavy atom. The summed E-state index contributed by atoms with van der Waals surface area (Å²) in [6, 6.07) is 0.299. The van der Waals surface area contributed by atoms with Gasteiger partial charge in [0.15, 0.2) is 0 Å². The van der Waals surface area contributed by atoms with Gasteiger partial charge in [-0.1, -0.05) is 51.2 Å². The zero-order valence-electron chi connectivity index (χ0n) is 11.9. The van der Waals surface area contributed by atoms with Crippen molar-refractivity contribution in [2.45, 2.75) is 70.8 Å². The van der Waals surface area contributed by atoms with Crippen LogP contribution in [0.2, 0.25) is 0 Å². The number of carbonyl (C=O) groups excluding carboxylic acids is 1. The summed E-state index contributed by atoms with van der Waals surface area (Å²) >= 11 is 5.21. The van der Waals surface area contributed by atoms with Gasteiger partial charge in [0, 0.05) is 6.04 Å². The second-order valence-electron chi connectivity index (χ2n) is 6.26. The molecule has 0 spiro atoms. The van der Waals surface area contributed by atoms with Crippen LogP contribution in [0.4, 0.5) is 0 Å². The molecule has 1 unspecified atom stereocenters. The monoisotopic (exact) mass is 282 g/mol. The first-order chi connectivity index (χ1) is 9.08. The van der Waals surface area contributed by atoms with Gasteiger partial charge in [0.05, 0.1) is 10.4 Å². The second-order valence-corrected chi connectivity index (χ2v) is 6.70. The van der Waals surface area contributed by atoms with Gasteiger partial charge in [0.2, 0.25) is 5.91 Å². The molecule has 2 fully saturated rings. The van der Waals surface area contributed by atoms with Crippen LogP contribution < -0.4 is 11.1 Å². The summed E-state index contributed by atoms with van der Waals surface area (Å²) in [5, 5.41) is 3.22. The molecule has 0 aromatic carbocycles. The van der Waals surface area contributed by atoms with Crippen molar-refractivity contribution in [3.63, 3.8) is 0 Å². The maximum Gasteiger partial charge on any atom is 0.233 e. The molecule has 3 nitrogen and oxygen atoms in total. The molecular formula is C15H26N2OS. The molecule has 0 heterocycles. The lowest BCUT2D eigenvalue weighted by Crippen LogP contribution is -2.52. The third kappa shape index (κ3) is 3.47. The maximum absolute atomic E-state index is 12.7. The number of thiocarbonyl (C=S) groups is 1. The predicted molar refractivity (Wildman–Crippen MR) is 81.9 cm³/mol. The van der Waals surface area contributed by atoms with Crippen molar-refractivity contribution in [3.05, 3.63) is 0 Å². The van der Waals surface area contributed by atoms with Gasteiger partial charge >= 0.3 is 0 Å². The van der Waals surface area contributed by atoms with E-state index >= 15 is 0 Å². The summed E-state index contributed by atoms with van der Waals surface area (Å²) < 4.78 is 0. The van der Waals surface area contributed by atoms with Crippen LogP contribution in [0, 0.1) is 11.3 Å². The fraction of sp³-hybridized carbons (Fsp3) is 0.867. The Kier molecular flexibility index (Phi) is 4.82. The molecule has 1 atom stereocenters. The van der Waals surface area contributed by atoms with Crippen LogP contribution in [0.5, 0.6) is 0 Å². The topological polar surface area (TPSA) is 55.1 Å². The maximum atomic E-state index is 12.7. The molecule has 0 bridgehead atoms. The smallest absolute Gasteiger partial charge is 0.233 e. The van der Waals surface area contributed by atoms with E-state index in [9.17, 15) is 4.79 Å². The number of hydrogen-bond donors (Lipinski definition) is 2. The molecule has 0 aliphatic heterocycles. The zero-order chi connectivity index (χ0) is 13.9. The van der Waals surface area contributed by atoms with Gasteiger partial charge < -0.3 is 11.1 Å². The number of amides is 1. The van der Waals surface area contributed by atoms with E-state index in [1.54, 1.807) is 0 Å². The fourth-order valence-corrected chi connectivity index (χ4v) is 3.44. The molecule has 19 heavy (non-hydrogen) atoms. The van der Waals surface area contributed by atoms with Crippen molar-refractivity contribution in [2.75, 3.05) is 0 Å². The first-order valence-electron chi connectivity index (χ1n) is 7.69. The molecule has 0 aromatic rings. The van der Waals surface area contributed by atoms with Gasteiger partial charge in [-0.2, -0.15) is 0 Å². The largest absolute Gasteiger partial charge is 0.392 e. The average Bonchev–Trinajstić information content (AvgIpc) is 3.22. The Labute approximate surface area is 121 Å². The second kappa shape index (κ2) is 6.21. The minimum Gasteiger partial charge on any atom is -0.392 e. The predicted octanol–water partition coefficient (Wildman–Crippen LogP) is 2.92. The Morgan fingerprint density at radius 3 is 2.47 bits per heavy atom. The first kappa shape index (κ1) is 14.8. The fourth-order valence-electron chi connectivity index (χ4n) is 3.15. The Hall–Kier alpha value is -0.640. The quantitative estimate of drug-likeness (QED) is 0.737. The van der Waals surface area contributed by atoms with E-state index in [0.717, 1.165) is 44.4 Å². The highest BCUT2D eigenvalue weighted by molar-refractivity contribution is 7.80. The van der Waals surface area contributed by atoms with Gasteiger partial charge in [0.1, 0.15) is 0 Å². The first-order valence-corrected chi connectivity index (χ1v) is 8.10. The van der Waals surface area contributed by atoms with Crippen molar-refractivity contribution >= 4 is 23.1 Å². The molecule has 108 valence electrons. The molecule has 3 N–H and O–H groups in total. The van der Waals surface area contributed by atoms with Crippen molar-refractivity contribution in [1.82, 2.24) is 5.32 Å². The summed E-state index contributed by atoms with van der Waals surface area (Å²) in [7, 11) is 0. The summed E-state index contributed by atoms with van der Waals surface area (Å²) in [6.45, 7) is 2.14. The third-order valence-electron chi connectivity index (χ3n) is 4.76. The van der Waals surface area contributed by atoms with Crippen LogP contribution in [0.3, 0.4) is 0 Å². The molecular weight excluding hydrogens is 256 g/mol. The molecule has 1 amide bonds. The number of rotatable bonds is 6. The SMILES string of the molecule is CCC(CC1CC1)NC(=O)C1(C(N)=S)CCCCC1. The van der Waals surface area contributed by atoms with E-state index in [1.807, 2.05) is 0 Å². The van der Waals surface area contributed by atoms with Crippen molar-refractivity contribution in [1.29, 1.82) is 0 Å². The normalized spacial score (nSPS) is 23.6. The van der Waals surface area contributed by atoms with E-state index in [4.69, 9.17) is 18.0 Å². The van der Waals surface area contributed by atoms with Crippen molar-refractivity contribution in [3.8, 4) is 0 Å². The van der Waals surface area contributed by atoms with Crippen molar-refractivity contribution in [2.24, 2.45) is 17.1 Å². The van der Waals surface area contributed by atoms with Crippen molar-refractivity contribution < 1.29 is 4.79 Å². The van der Waals surface area contributed by atoms with Gasteiger partial charge in [-0.05, 0) is 31.6 Å². The van der Waals surface area contributed by atoms with Gasteiger partial charge in [-0.3, -0.25) is 4.79 Å². The zero-order valence-corrected chi connectivity index (χ0v) is 12.7. The van der Waals surface area contributed by atoms with Crippen LogP contribution in [0.25, 0.3) is 0 Å². The number of carbonyl (C=O) groups is 1. The van der Waals surface area contributed by atoms with Crippen LogP contribution in [-0.4, -0.2) is 16.9 Å². The average molecular weight is 282 g/mol. The van der Waals surface area contributed by atoms with Crippen LogP contribution in [0.15, 0.2) is 0 Å². The Morgan fingerprint density at radius 2 is 2.00 bits per heavy atom. The highest BCUT2D eigenvalue weighted by Gasteiger charge is 2.43. The molecule has 2 aliphatic rings. The van der Waals surface area contributed by atoms with E-state index in [2.05, 4.69) is 12.2 Å². The van der Waals surface area contributed by atoms with Crippen LogP contribution in [-0.2, 0) is 4.79 Å². The molecule has 0 saturated heterocycles. The summed E-state index contributed by atoms with van der Waals surface area (Å²) in [5.41, 5.74) is 5.34. The van der Waals surface area contributed by atoms with Crippen LogP contribution in [0.1, 0.15) is 64.7 Å². The molecule has 2 saturated carbocycles. The standard InChI is InChI=1S/C15H26N2OS/c1-2-12(10-11-6-7-11)17-14(18)15(13(16)19)8-4-3-5-9-15/h11-12H,2-10H2,1H3,(H2,16,19)(H,17,18). The summed E-state index contributed by atoms with van der Waals surface area (Å²) in [5.74, 6) is 0.921. The highest BCUT2D eigenvalue weighted by Crippen LogP contribution is 2.38. The van der Waals surface area contributed by atoms with Crippen LogP contribution >= 0.6 is 12.2 Å². The Bertz CT molecular complexity index is 346. The molecule has 0 radical (unpaired) electrons. The number of hydrogen-bond acceptors (Lipinski definition) is 2. The molecule has 2 aliphatic carbocycles. The summed E-state index contributed by atoms with van der Waals surface area (Å²) in [6.07, 6.45) is 9.73. The molecule has 0 aromatic heterocycles. The van der Waals surface area contributed by atoms with E-state index in [0.29, 0.717) is 11.0 Å². The Balaban J connectivity index is 1.99. The number of nitrogens with one attached hydrogen (secondary N) is 1. The highest BCUT2D eigenvalue weighted by atomic mass is 32.1. The minimum absolute atomic E-state index is 0.0900. The molecule has 2 rings (SSSR count). The van der Waals surface area contributed by atoms with Gasteiger partial charge in [-0.15, -0.1) is 0 Å². The molecule has 4 heteroatoms.